The monoisotopic (exact) mass is 284 g/mol. The summed E-state index contributed by atoms with van der Waals surface area (Å²) in [5, 5.41) is 3.34. The summed E-state index contributed by atoms with van der Waals surface area (Å²) in [6, 6.07) is 9.11. The van der Waals surface area contributed by atoms with E-state index in [0.29, 0.717) is 0 Å². The summed E-state index contributed by atoms with van der Waals surface area (Å²) in [4.78, 5) is 28.1. The third-order valence-electron chi connectivity index (χ3n) is 3.51. The standard InChI is InChI=1S/C15H16N4O2/c1-9(16-11-4-6-14(20)19(2)8-11)10-3-5-12-13(7-10)18-15(21)17-12/h3-9,16H,1-2H3,(H2,17,18,21). The van der Waals surface area contributed by atoms with Gasteiger partial charge in [0.25, 0.3) is 0 Å². The second-order valence-electron chi connectivity index (χ2n) is 5.12. The maximum atomic E-state index is 11.4. The molecule has 0 spiro atoms. The summed E-state index contributed by atoms with van der Waals surface area (Å²) < 4.78 is 1.53. The van der Waals surface area contributed by atoms with Crippen LogP contribution in [0.15, 0.2) is 46.1 Å². The number of aromatic nitrogens is 3. The molecule has 0 aliphatic carbocycles. The maximum absolute atomic E-state index is 11.4. The fraction of sp³-hybridized carbons (Fsp3) is 0.200. The van der Waals surface area contributed by atoms with E-state index < -0.39 is 0 Å². The Morgan fingerprint density at radius 3 is 2.62 bits per heavy atom. The molecule has 1 unspecified atom stereocenters. The molecule has 0 fully saturated rings. The Hall–Kier alpha value is -2.76. The molecule has 6 heteroatoms. The summed E-state index contributed by atoms with van der Waals surface area (Å²) in [6.45, 7) is 2.02. The van der Waals surface area contributed by atoms with E-state index in [2.05, 4.69) is 15.3 Å². The van der Waals surface area contributed by atoms with Crippen molar-refractivity contribution < 1.29 is 0 Å². The van der Waals surface area contributed by atoms with Crippen molar-refractivity contribution in [3.05, 3.63) is 62.9 Å². The first-order chi connectivity index (χ1) is 10.0. The van der Waals surface area contributed by atoms with E-state index in [9.17, 15) is 9.59 Å². The van der Waals surface area contributed by atoms with Crippen LogP contribution in [0.25, 0.3) is 11.0 Å². The molecule has 1 aromatic carbocycles. The van der Waals surface area contributed by atoms with Crippen molar-refractivity contribution in [1.82, 2.24) is 14.5 Å². The first-order valence-electron chi connectivity index (χ1n) is 6.68. The second-order valence-corrected chi connectivity index (χ2v) is 5.12. The van der Waals surface area contributed by atoms with E-state index >= 15 is 0 Å². The largest absolute Gasteiger partial charge is 0.377 e. The number of hydrogen-bond donors (Lipinski definition) is 3. The highest BCUT2D eigenvalue weighted by Gasteiger charge is 2.08. The minimum atomic E-state index is -0.208. The second kappa shape index (κ2) is 4.97. The van der Waals surface area contributed by atoms with Crippen LogP contribution in [0.4, 0.5) is 5.69 Å². The van der Waals surface area contributed by atoms with Crippen LogP contribution in [-0.4, -0.2) is 14.5 Å². The lowest BCUT2D eigenvalue weighted by Gasteiger charge is -2.16. The molecular weight excluding hydrogens is 268 g/mol. The van der Waals surface area contributed by atoms with Crippen LogP contribution in [0, 0.1) is 0 Å². The molecule has 0 aliphatic rings. The highest BCUT2D eigenvalue weighted by molar-refractivity contribution is 5.75. The predicted octanol–water partition coefficient (Wildman–Crippen LogP) is 1.73. The van der Waals surface area contributed by atoms with Crippen molar-refractivity contribution in [2.75, 3.05) is 5.32 Å². The number of rotatable bonds is 3. The fourth-order valence-electron chi connectivity index (χ4n) is 2.33. The molecule has 0 saturated carbocycles. The summed E-state index contributed by atoms with van der Waals surface area (Å²) in [7, 11) is 1.72. The van der Waals surface area contributed by atoms with Gasteiger partial charge in [-0.1, -0.05) is 6.07 Å². The van der Waals surface area contributed by atoms with Gasteiger partial charge in [-0.3, -0.25) is 4.79 Å². The highest BCUT2D eigenvalue weighted by Crippen LogP contribution is 2.20. The van der Waals surface area contributed by atoms with Crippen molar-refractivity contribution in [2.45, 2.75) is 13.0 Å². The smallest absolute Gasteiger partial charge is 0.323 e. The molecule has 1 atom stereocenters. The van der Waals surface area contributed by atoms with Gasteiger partial charge in [0.1, 0.15) is 0 Å². The van der Waals surface area contributed by atoms with Crippen LogP contribution < -0.4 is 16.6 Å². The number of aromatic amines is 2. The molecule has 21 heavy (non-hydrogen) atoms. The van der Waals surface area contributed by atoms with Crippen molar-refractivity contribution in [2.24, 2.45) is 7.05 Å². The number of imidazole rings is 1. The Labute approximate surface area is 120 Å². The van der Waals surface area contributed by atoms with E-state index in [1.54, 1.807) is 19.3 Å². The SMILES string of the molecule is CC(Nc1ccc(=O)n(C)c1)c1ccc2[nH]c(=O)[nH]c2c1. The first-order valence-corrected chi connectivity index (χ1v) is 6.68. The number of nitrogens with zero attached hydrogens (tertiary/aromatic N) is 1. The highest BCUT2D eigenvalue weighted by atomic mass is 16.1. The number of fused-ring (bicyclic) bond motifs is 1. The molecular formula is C15H16N4O2. The Bertz CT molecular complexity index is 904. The molecule has 0 bridgehead atoms. The van der Waals surface area contributed by atoms with Gasteiger partial charge in [0.15, 0.2) is 0 Å². The van der Waals surface area contributed by atoms with Crippen LogP contribution in [0.5, 0.6) is 0 Å². The quantitative estimate of drug-likeness (QED) is 0.685. The van der Waals surface area contributed by atoms with E-state index in [1.165, 1.54) is 10.6 Å². The van der Waals surface area contributed by atoms with Gasteiger partial charge in [0, 0.05) is 25.4 Å². The minimum absolute atomic E-state index is 0.0421. The molecule has 6 nitrogen and oxygen atoms in total. The van der Waals surface area contributed by atoms with Gasteiger partial charge in [-0.05, 0) is 30.7 Å². The van der Waals surface area contributed by atoms with Gasteiger partial charge in [0.2, 0.25) is 5.56 Å². The van der Waals surface area contributed by atoms with Crippen LogP contribution in [0.1, 0.15) is 18.5 Å². The molecule has 0 saturated heterocycles. The zero-order chi connectivity index (χ0) is 15.0. The van der Waals surface area contributed by atoms with E-state index in [0.717, 1.165) is 22.3 Å². The normalized spacial score (nSPS) is 12.5. The van der Waals surface area contributed by atoms with Crippen molar-refractivity contribution in [3.8, 4) is 0 Å². The summed E-state index contributed by atoms with van der Waals surface area (Å²) in [5.74, 6) is 0. The number of benzene rings is 1. The molecule has 0 radical (unpaired) electrons. The van der Waals surface area contributed by atoms with Crippen molar-refractivity contribution in [1.29, 1.82) is 0 Å². The van der Waals surface area contributed by atoms with Gasteiger partial charge >= 0.3 is 5.69 Å². The number of nitrogens with one attached hydrogen (secondary N) is 3. The third-order valence-corrected chi connectivity index (χ3v) is 3.51. The van der Waals surface area contributed by atoms with Crippen LogP contribution >= 0.6 is 0 Å². The minimum Gasteiger partial charge on any atom is -0.377 e. The van der Waals surface area contributed by atoms with Gasteiger partial charge in [0.05, 0.1) is 16.7 Å². The Morgan fingerprint density at radius 2 is 1.86 bits per heavy atom. The molecule has 3 N–H and O–H groups in total. The fourth-order valence-corrected chi connectivity index (χ4v) is 2.33. The predicted molar refractivity (Wildman–Crippen MR) is 82.6 cm³/mol. The lowest BCUT2D eigenvalue weighted by atomic mass is 10.1. The van der Waals surface area contributed by atoms with Gasteiger partial charge < -0.3 is 19.9 Å². The summed E-state index contributed by atoms with van der Waals surface area (Å²) >= 11 is 0. The lowest BCUT2D eigenvalue weighted by molar-refractivity contribution is 0.840. The van der Waals surface area contributed by atoms with E-state index in [1.807, 2.05) is 25.1 Å². The van der Waals surface area contributed by atoms with Crippen LogP contribution in [0.2, 0.25) is 0 Å². The molecule has 3 aromatic rings. The van der Waals surface area contributed by atoms with E-state index in [-0.39, 0.29) is 17.3 Å². The van der Waals surface area contributed by atoms with Gasteiger partial charge in [-0.15, -0.1) is 0 Å². The lowest BCUT2D eigenvalue weighted by Crippen LogP contribution is -2.16. The Balaban J connectivity index is 1.88. The maximum Gasteiger partial charge on any atom is 0.323 e. The molecule has 0 aliphatic heterocycles. The van der Waals surface area contributed by atoms with Crippen molar-refractivity contribution >= 4 is 16.7 Å². The number of aryl methyl sites for hydroxylation is 1. The van der Waals surface area contributed by atoms with Crippen LogP contribution in [-0.2, 0) is 7.05 Å². The topological polar surface area (TPSA) is 82.7 Å². The number of H-pyrrole nitrogens is 2. The molecule has 0 amide bonds. The number of hydrogen-bond acceptors (Lipinski definition) is 3. The molecule has 108 valence electrons. The average molecular weight is 284 g/mol. The zero-order valence-electron chi connectivity index (χ0n) is 11.8. The Morgan fingerprint density at radius 1 is 1.10 bits per heavy atom. The summed E-state index contributed by atoms with van der Waals surface area (Å²) in [6.07, 6.45) is 1.76. The molecule has 2 aromatic heterocycles. The number of anilines is 1. The van der Waals surface area contributed by atoms with Gasteiger partial charge in [-0.2, -0.15) is 0 Å². The summed E-state index contributed by atoms with van der Waals surface area (Å²) in [5.41, 5.74) is 3.24. The average Bonchev–Trinajstić information content (AvgIpc) is 2.82. The van der Waals surface area contributed by atoms with Gasteiger partial charge in [-0.25, -0.2) is 4.79 Å². The molecule has 2 heterocycles. The third kappa shape index (κ3) is 2.60. The van der Waals surface area contributed by atoms with Crippen LogP contribution in [0.3, 0.4) is 0 Å². The first kappa shape index (κ1) is 13.2. The molecule has 3 rings (SSSR count). The van der Waals surface area contributed by atoms with Crippen molar-refractivity contribution in [3.63, 3.8) is 0 Å². The Kier molecular flexibility index (Phi) is 3.13. The number of pyridine rings is 1. The van der Waals surface area contributed by atoms with E-state index in [4.69, 9.17) is 0 Å². The zero-order valence-corrected chi connectivity index (χ0v) is 11.8.